The Morgan fingerprint density at radius 2 is 2.00 bits per heavy atom. The Morgan fingerprint density at radius 3 is 2.75 bits per heavy atom. The minimum Gasteiger partial charge on any atom is -0.379 e. The van der Waals surface area contributed by atoms with E-state index < -0.39 is 0 Å². The lowest BCUT2D eigenvalue weighted by Crippen LogP contribution is -2.03. The topological polar surface area (TPSA) is 24.9 Å². The number of nitrogens with one attached hydrogen (secondary N) is 1. The van der Waals surface area contributed by atoms with Crippen LogP contribution in [0.5, 0.6) is 0 Å². The molecule has 1 aromatic carbocycles. The van der Waals surface area contributed by atoms with Crippen LogP contribution in [0.15, 0.2) is 42.6 Å². The van der Waals surface area contributed by atoms with Crippen molar-refractivity contribution in [2.45, 2.75) is 20.4 Å². The predicted molar refractivity (Wildman–Crippen MR) is 67.5 cm³/mol. The molecule has 16 heavy (non-hydrogen) atoms. The summed E-state index contributed by atoms with van der Waals surface area (Å²) in [6.45, 7) is 4.95. The van der Waals surface area contributed by atoms with Crippen LogP contribution in [0.25, 0.3) is 0 Å². The zero-order valence-corrected chi connectivity index (χ0v) is 9.70. The highest BCUT2D eigenvalue weighted by molar-refractivity contribution is 5.45. The van der Waals surface area contributed by atoms with Gasteiger partial charge in [-0.2, -0.15) is 0 Å². The summed E-state index contributed by atoms with van der Waals surface area (Å²) in [5.41, 5.74) is 4.74. The van der Waals surface area contributed by atoms with Crippen LogP contribution in [0.2, 0.25) is 0 Å². The second-order valence-corrected chi connectivity index (χ2v) is 3.99. The van der Waals surface area contributed by atoms with Gasteiger partial charge in [-0.25, -0.2) is 0 Å². The quantitative estimate of drug-likeness (QED) is 0.844. The first-order valence-corrected chi connectivity index (χ1v) is 5.47. The summed E-state index contributed by atoms with van der Waals surface area (Å²) in [6.07, 6.45) is 1.83. The molecular weight excluding hydrogens is 196 g/mol. The van der Waals surface area contributed by atoms with Crippen LogP contribution in [0, 0.1) is 13.8 Å². The smallest absolute Gasteiger partial charge is 0.0623 e. The summed E-state index contributed by atoms with van der Waals surface area (Å²) in [5, 5.41) is 3.38. The molecule has 0 amide bonds. The number of hydrogen-bond acceptors (Lipinski definition) is 2. The van der Waals surface area contributed by atoms with E-state index in [1.807, 2.05) is 12.3 Å². The zero-order valence-electron chi connectivity index (χ0n) is 9.70. The van der Waals surface area contributed by atoms with E-state index in [1.165, 1.54) is 11.1 Å². The molecule has 0 atom stereocenters. The Bertz CT molecular complexity index is 478. The Kier molecular flexibility index (Phi) is 3.20. The Morgan fingerprint density at radius 1 is 1.12 bits per heavy atom. The minimum absolute atomic E-state index is 0.774. The van der Waals surface area contributed by atoms with E-state index in [0.29, 0.717) is 0 Å². The number of anilines is 1. The van der Waals surface area contributed by atoms with Crippen molar-refractivity contribution < 1.29 is 0 Å². The van der Waals surface area contributed by atoms with Gasteiger partial charge in [0.2, 0.25) is 0 Å². The molecule has 0 aliphatic rings. The number of nitrogens with zero attached hydrogens (tertiary/aromatic N) is 1. The maximum Gasteiger partial charge on any atom is 0.0623 e. The summed E-state index contributed by atoms with van der Waals surface area (Å²) < 4.78 is 0. The second kappa shape index (κ2) is 4.79. The van der Waals surface area contributed by atoms with Crippen LogP contribution >= 0.6 is 0 Å². The fourth-order valence-corrected chi connectivity index (χ4v) is 1.64. The van der Waals surface area contributed by atoms with Gasteiger partial charge in [0.25, 0.3) is 0 Å². The van der Waals surface area contributed by atoms with Crippen molar-refractivity contribution in [3.63, 3.8) is 0 Å². The summed E-state index contributed by atoms with van der Waals surface area (Å²) in [4.78, 5) is 4.35. The Labute approximate surface area is 96.4 Å². The number of rotatable bonds is 3. The van der Waals surface area contributed by atoms with Crippen LogP contribution in [0.3, 0.4) is 0 Å². The molecule has 1 heterocycles. The molecule has 2 heteroatoms. The molecule has 0 aliphatic carbocycles. The van der Waals surface area contributed by atoms with Gasteiger partial charge in [-0.1, -0.05) is 18.2 Å². The van der Waals surface area contributed by atoms with Crippen molar-refractivity contribution in [2.75, 3.05) is 5.32 Å². The van der Waals surface area contributed by atoms with Crippen molar-refractivity contribution in [1.29, 1.82) is 0 Å². The van der Waals surface area contributed by atoms with Gasteiger partial charge in [-0.15, -0.1) is 0 Å². The zero-order chi connectivity index (χ0) is 11.4. The minimum atomic E-state index is 0.774. The van der Waals surface area contributed by atoms with Crippen molar-refractivity contribution in [1.82, 2.24) is 4.98 Å². The third-order valence-corrected chi connectivity index (χ3v) is 2.60. The Hall–Kier alpha value is -1.83. The molecule has 82 valence electrons. The first-order chi connectivity index (χ1) is 7.75. The maximum atomic E-state index is 4.35. The van der Waals surface area contributed by atoms with Gasteiger partial charge in [0, 0.05) is 11.9 Å². The number of pyridine rings is 1. The molecule has 1 N–H and O–H groups in total. The fourth-order valence-electron chi connectivity index (χ4n) is 1.64. The van der Waals surface area contributed by atoms with Crippen molar-refractivity contribution in [2.24, 2.45) is 0 Å². The Balaban J connectivity index is 2.05. The lowest BCUT2D eigenvalue weighted by Gasteiger charge is -2.08. The average molecular weight is 212 g/mol. The van der Waals surface area contributed by atoms with Gasteiger partial charge in [-0.05, 0) is 43.2 Å². The van der Waals surface area contributed by atoms with Crippen LogP contribution in [-0.2, 0) is 6.54 Å². The van der Waals surface area contributed by atoms with Gasteiger partial charge in [-0.3, -0.25) is 4.98 Å². The SMILES string of the molecule is Cc1cccc(NCc2ncccc2C)c1. The molecule has 0 saturated heterocycles. The molecule has 0 unspecified atom stereocenters. The molecule has 0 fully saturated rings. The lowest BCUT2D eigenvalue weighted by molar-refractivity contribution is 1.02. The maximum absolute atomic E-state index is 4.35. The molecule has 1 aromatic heterocycles. The normalized spacial score (nSPS) is 10.1. The van der Waals surface area contributed by atoms with Gasteiger partial charge in [0.15, 0.2) is 0 Å². The third kappa shape index (κ3) is 2.60. The van der Waals surface area contributed by atoms with Gasteiger partial charge >= 0.3 is 0 Å². The number of benzene rings is 1. The van der Waals surface area contributed by atoms with Gasteiger partial charge < -0.3 is 5.32 Å². The molecule has 0 aliphatic heterocycles. The van der Waals surface area contributed by atoms with Crippen LogP contribution in [-0.4, -0.2) is 4.98 Å². The third-order valence-electron chi connectivity index (χ3n) is 2.60. The van der Waals surface area contributed by atoms with E-state index in [9.17, 15) is 0 Å². The molecule has 0 radical (unpaired) electrons. The molecule has 2 rings (SSSR count). The lowest BCUT2D eigenvalue weighted by atomic mass is 10.2. The number of hydrogen-bond donors (Lipinski definition) is 1. The van der Waals surface area contributed by atoms with E-state index >= 15 is 0 Å². The summed E-state index contributed by atoms with van der Waals surface area (Å²) in [5.74, 6) is 0. The predicted octanol–water partition coefficient (Wildman–Crippen LogP) is 3.31. The monoisotopic (exact) mass is 212 g/mol. The van der Waals surface area contributed by atoms with E-state index in [2.05, 4.69) is 54.5 Å². The average Bonchev–Trinajstić information content (AvgIpc) is 2.28. The first kappa shape index (κ1) is 10.7. The highest BCUT2D eigenvalue weighted by atomic mass is 14.9. The molecule has 0 bridgehead atoms. The molecule has 2 nitrogen and oxygen atoms in total. The van der Waals surface area contributed by atoms with Crippen LogP contribution in [0.1, 0.15) is 16.8 Å². The largest absolute Gasteiger partial charge is 0.379 e. The van der Waals surface area contributed by atoms with E-state index in [0.717, 1.165) is 17.9 Å². The highest BCUT2D eigenvalue weighted by Gasteiger charge is 1.98. The van der Waals surface area contributed by atoms with E-state index in [1.54, 1.807) is 0 Å². The summed E-state index contributed by atoms with van der Waals surface area (Å²) in [7, 11) is 0. The molecular formula is C14H16N2. The van der Waals surface area contributed by atoms with Crippen molar-refractivity contribution in [3.8, 4) is 0 Å². The highest BCUT2D eigenvalue weighted by Crippen LogP contribution is 2.11. The molecule has 0 spiro atoms. The van der Waals surface area contributed by atoms with Gasteiger partial charge in [0.05, 0.1) is 12.2 Å². The van der Waals surface area contributed by atoms with Crippen LogP contribution in [0.4, 0.5) is 5.69 Å². The first-order valence-electron chi connectivity index (χ1n) is 5.47. The standard InChI is InChI=1S/C14H16N2/c1-11-5-3-7-13(9-11)16-10-14-12(2)6-4-8-15-14/h3-9,16H,10H2,1-2H3. The number of aryl methyl sites for hydroxylation is 2. The molecule has 0 saturated carbocycles. The second-order valence-electron chi connectivity index (χ2n) is 3.99. The van der Waals surface area contributed by atoms with E-state index in [-0.39, 0.29) is 0 Å². The molecule has 2 aromatic rings. The summed E-state index contributed by atoms with van der Waals surface area (Å²) >= 11 is 0. The van der Waals surface area contributed by atoms with Gasteiger partial charge in [0.1, 0.15) is 0 Å². The van der Waals surface area contributed by atoms with Crippen molar-refractivity contribution in [3.05, 3.63) is 59.4 Å². The van der Waals surface area contributed by atoms with Crippen molar-refractivity contribution >= 4 is 5.69 Å². The summed E-state index contributed by atoms with van der Waals surface area (Å²) in [6, 6.07) is 12.4. The van der Waals surface area contributed by atoms with E-state index in [4.69, 9.17) is 0 Å². The van der Waals surface area contributed by atoms with Crippen LogP contribution < -0.4 is 5.32 Å². The fraction of sp³-hybridized carbons (Fsp3) is 0.214. The number of aromatic nitrogens is 1.